The molecule has 6 heteroatoms. The molecule has 0 radical (unpaired) electrons. The van der Waals surface area contributed by atoms with E-state index in [0.717, 1.165) is 5.69 Å². The molecule has 0 spiro atoms. The molecule has 0 saturated carbocycles. The fraction of sp³-hybridized carbons (Fsp3) is 0.200. The summed E-state index contributed by atoms with van der Waals surface area (Å²) in [6, 6.07) is 0. The van der Waals surface area contributed by atoms with Gasteiger partial charge in [-0.2, -0.15) is 0 Å². The van der Waals surface area contributed by atoms with Gasteiger partial charge in [-0.1, -0.05) is 0 Å². The number of nitrogens with one attached hydrogen (secondary N) is 2. The number of thiazole rings is 1. The molecule has 0 saturated heterocycles. The molecule has 1 rings (SSSR count). The molecule has 0 amide bonds. The fourth-order valence-electron chi connectivity index (χ4n) is 0.547. The zero-order chi connectivity index (χ0) is 8.10. The second-order valence-corrected chi connectivity index (χ2v) is 2.93. The van der Waals surface area contributed by atoms with E-state index in [4.69, 9.17) is 18.1 Å². The third-order valence-electron chi connectivity index (χ3n) is 1.04. The predicted octanol–water partition coefficient (Wildman–Crippen LogP) is -0.0191. The van der Waals surface area contributed by atoms with Crippen molar-refractivity contribution in [3.05, 3.63) is 16.6 Å². The minimum Gasteiger partial charge on any atom is -0.356 e. The van der Waals surface area contributed by atoms with Gasteiger partial charge < -0.3 is 10.7 Å². The third kappa shape index (κ3) is 2.79. The summed E-state index contributed by atoms with van der Waals surface area (Å²) in [7, 11) is 0. The summed E-state index contributed by atoms with van der Waals surface area (Å²) >= 11 is 6.31. The van der Waals surface area contributed by atoms with Gasteiger partial charge in [-0.15, -0.1) is 11.3 Å². The highest BCUT2D eigenvalue weighted by Crippen LogP contribution is 1.99. The van der Waals surface area contributed by atoms with E-state index in [2.05, 4.69) is 15.7 Å². The van der Waals surface area contributed by atoms with Crippen LogP contribution in [0.5, 0.6) is 0 Å². The molecule has 0 fully saturated rings. The van der Waals surface area contributed by atoms with Crippen LogP contribution in [-0.2, 0) is 6.54 Å². The lowest BCUT2D eigenvalue weighted by Crippen LogP contribution is -2.39. The van der Waals surface area contributed by atoms with E-state index in [0.29, 0.717) is 11.7 Å². The van der Waals surface area contributed by atoms with Crippen LogP contribution >= 0.6 is 23.6 Å². The van der Waals surface area contributed by atoms with Crippen LogP contribution in [0.25, 0.3) is 0 Å². The first-order valence-corrected chi connectivity index (χ1v) is 4.29. The van der Waals surface area contributed by atoms with Crippen molar-refractivity contribution < 1.29 is 0 Å². The van der Waals surface area contributed by atoms with Crippen LogP contribution in [0.3, 0.4) is 0 Å². The Balaban J connectivity index is 2.29. The quantitative estimate of drug-likeness (QED) is 0.346. The SMILES string of the molecule is NNC(=S)NCc1cscn1. The van der Waals surface area contributed by atoms with Crippen molar-refractivity contribution in [2.24, 2.45) is 5.84 Å². The van der Waals surface area contributed by atoms with Gasteiger partial charge in [-0.3, -0.25) is 0 Å². The van der Waals surface area contributed by atoms with E-state index in [1.807, 2.05) is 5.38 Å². The van der Waals surface area contributed by atoms with Crippen LogP contribution in [0.4, 0.5) is 0 Å². The standard InChI is InChI=1S/C5H8N4S2/c6-9-5(10)7-1-4-2-11-3-8-4/h2-3H,1,6H2,(H2,7,9,10). The van der Waals surface area contributed by atoms with Crippen molar-refractivity contribution in [3.63, 3.8) is 0 Å². The molecule has 1 aromatic rings. The molecule has 60 valence electrons. The van der Waals surface area contributed by atoms with Crippen LogP contribution < -0.4 is 16.6 Å². The van der Waals surface area contributed by atoms with E-state index in [1.165, 1.54) is 0 Å². The molecule has 0 aliphatic carbocycles. The zero-order valence-corrected chi connectivity index (χ0v) is 7.34. The van der Waals surface area contributed by atoms with Crippen LogP contribution in [-0.4, -0.2) is 10.1 Å². The zero-order valence-electron chi connectivity index (χ0n) is 5.70. The van der Waals surface area contributed by atoms with E-state index >= 15 is 0 Å². The molecule has 0 aliphatic heterocycles. The third-order valence-corrected chi connectivity index (χ3v) is 1.94. The number of rotatable bonds is 2. The molecule has 1 heterocycles. The minimum absolute atomic E-state index is 0.429. The monoisotopic (exact) mass is 188 g/mol. The van der Waals surface area contributed by atoms with Gasteiger partial charge in [0.25, 0.3) is 0 Å². The summed E-state index contributed by atoms with van der Waals surface area (Å²) < 4.78 is 0. The smallest absolute Gasteiger partial charge is 0.180 e. The van der Waals surface area contributed by atoms with Crippen LogP contribution in [0.2, 0.25) is 0 Å². The topological polar surface area (TPSA) is 63.0 Å². The Morgan fingerprint density at radius 2 is 2.64 bits per heavy atom. The molecular formula is C5H8N4S2. The highest BCUT2D eigenvalue weighted by atomic mass is 32.1. The van der Waals surface area contributed by atoms with Gasteiger partial charge in [-0.25, -0.2) is 10.8 Å². The Morgan fingerprint density at radius 3 is 3.18 bits per heavy atom. The summed E-state index contributed by atoms with van der Waals surface area (Å²) in [6.45, 7) is 0.618. The van der Waals surface area contributed by atoms with Crippen molar-refractivity contribution in [1.29, 1.82) is 0 Å². The van der Waals surface area contributed by atoms with Gasteiger partial charge in [-0.05, 0) is 12.2 Å². The van der Waals surface area contributed by atoms with Crippen molar-refractivity contribution in [2.75, 3.05) is 0 Å². The molecule has 0 atom stereocenters. The predicted molar refractivity (Wildman–Crippen MR) is 48.9 cm³/mol. The average molecular weight is 188 g/mol. The first-order valence-electron chi connectivity index (χ1n) is 2.94. The minimum atomic E-state index is 0.429. The second-order valence-electron chi connectivity index (χ2n) is 1.81. The van der Waals surface area contributed by atoms with Gasteiger partial charge in [0, 0.05) is 5.38 Å². The molecule has 0 unspecified atom stereocenters. The number of nitrogens with zero attached hydrogens (tertiary/aromatic N) is 1. The Morgan fingerprint density at radius 1 is 1.82 bits per heavy atom. The first-order chi connectivity index (χ1) is 5.33. The molecule has 1 aromatic heterocycles. The van der Waals surface area contributed by atoms with E-state index in [1.54, 1.807) is 16.8 Å². The van der Waals surface area contributed by atoms with E-state index < -0.39 is 0 Å². The Kier molecular flexibility index (Phi) is 3.21. The van der Waals surface area contributed by atoms with Crippen LogP contribution in [0.15, 0.2) is 10.9 Å². The maximum atomic E-state index is 5.04. The number of aromatic nitrogens is 1. The van der Waals surface area contributed by atoms with E-state index in [9.17, 15) is 0 Å². The van der Waals surface area contributed by atoms with Crippen molar-refractivity contribution in [2.45, 2.75) is 6.54 Å². The summed E-state index contributed by atoms with van der Waals surface area (Å²) in [5, 5.41) is 5.25. The van der Waals surface area contributed by atoms with Crippen LogP contribution in [0, 0.1) is 0 Å². The number of hydrogen-bond acceptors (Lipinski definition) is 4. The van der Waals surface area contributed by atoms with Crippen molar-refractivity contribution in [1.82, 2.24) is 15.7 Å². The first kappa shape index (κ1) is 8.38. The van der Waals surface area contributed by atoms with Gasteiger partial charge in [0.2, 0.25) is 0 Å². The van der Waals surface area contributed by atoms with Gasteiger partial charge in [0.1, 0.15) is 0 Å². The lowest BCUT2D eigenvalue weighted by atomic mass is 10.5. The summed E-state index contributed by atoms with van der Waals surface area (Å²) in [5.74, 6) is 5.04. The fourth-order valence-corrected chi connectivity index (χ4v) is 1.18. The lowest BCUT2D eigenvalue weighted by Gasteiger charge is -2.03. The highest BCUT2D eigenvalue weighted by Gasteiger charge is 1.94. The van der Waals surface area contributed by atoms with E-state index in [-0.39, 0.29) is 0 Å². The molecule has 0 aliphatic rings. The number of thiocarbonyl (C=S) groups is 1. The summed E-state index contributed by atoms with van der Waals surface area (Å²) in [6.07, 6.45) is 0. The number of hydrogen-bond donors (Lipinski definition) is 3. The van der Waals surface area contributed by atoms with Crippen LogP contribution in [0.1, 0.15) is 5.69 Å². The number of nitrogens with two attached hydrogens (primary N) is 1. The number of hydrazine groups is 1. The maximum absolute atomic E-state index is 5.04. The van der Waals surface area contributed by atoms with Gasteiger partial charge >= 0.3 is 0 Å². The largest absolute Gasteiger partial charge is 0.356 e. The Hall–Kier alpha value is -0.720. The highest BCUT2D eigenvalue weighted by molar-refractivity contribution is 7.80. The Bertz CT molecular complexity index is 220. The van der Waals surface area contributed by atoms with Crippen molar-refractivity contribution in [3.8, 4) is 0 Å². The normalized spacial score (nSPS) is 9.18. The summed E-state index contributed by atoms with van der Waals surface area (Å²) in [5.41, 5.74) is 5.06. The maximum Gasteiger partial charge on any atom is 0.180 e. The molecule has 0 aromatic carbocycles. The summed E-state index contributed by atoms with van der Waals surface area (Å²) in [4.78, 5) is 4.05. The molecule has 4 N–H and O–H groups in total. The molecule has 0 bridgehead atoms. The molecule has 11 heavy (non-hydrogen) atoms. The average Bonchev–Trinajstić information content (AvgIpc) is 2.52. The molecule has 4 nitrogen and oxygen atoms in total. The lowest BCUT2D eigenvalue weighted by molar-refractivity contribution is 0.846. The second kappa shape index (κ2) is 4.22. The van der Waals surface area contributed by atoms with Gasteiger partial charge in [0.05, 0.1) is 17.7 Å². The Labute approximate surface area is 73.8 Å². The van der Waals surface area contributed by atoms with Crippen molar-refractivity contribution >= 4 is 28.7 Å². The molecular weight excluding hydrogens is 180 g/mol. The van der Waals surface area contributed by atoms with Gasteiger partial charge in [0.15, 0.2) is 5.11 Å².